The molecular formula is C14H19N3O. The van der Waals surface area contributed by atoms with Gasteiger partial charge in [0.25, 0.3) is 0 Å². The molecule has 0 unspecified atom stereocenters. The van der Waals surface area contributed by atoms with Crippen LogP contribution in [0.1, 0.15) is 18.4 Å². The lowest BCUT2D eigenvalue weighted by atomic mass is 9.59. The van der Waals surface area contributed by atoms with Gasteiger partial charge in [0.15, 0.2) is 0 Å². The van der Waals surface area contributed by atoms with Gasteiger partial charge in [-0.05, 0) is 32.5 Å². The van der Waals surface area contributed by atoms with E-state index in [1.807, 2.05) is 6.07 Å². The maximum atomic E-state index is 11.3. The van der Waals surface area contributed by atoms with Gasteiger partial charge < -0.3 is 10.6 Å². The summed E-state index contributed by atoms with van der Waals surface area (Å²) in [5.41, 5.74) is 1.35. The molecule has 1 heterocycles. The molecular weight excluding hydrogens is 226 g/mol. The summed E-state index contributed by atoms with van der Waals surface area (Å²) in [6.07, 6.45) is 1.94. The third-order valence-corrected chi connectivity index (χ3v) is 4.39. The van der Waals surface area contributed by atoms with Crippen LogP contribution in [0, 0.1) is 0 Å². The van der Waals surface area contributed by atoms with Gasteiger partial charge in [0.2, 0.25) is 0 Å². The van der Waals surface area contributed by atoms with Crippen LogP contribution >= 0.6 is 0 Å². The molecule has 4 heteroatoms. The van der Waals surface area contributed by atoms with E-state index in [-0.39, 0.29) is 17.1 Å². The molecule has 0 bridgehead atoms. The van der Waals surface area contributed by atoms with E-state index in [2.05, 4.69) is 53.9 Å². The molecule has 4 nitrogen and oxygen atoms in total. The van der Waals surface area contributed by atoms with Crippen LogP contribution in [0.5, 0.6) is 0 Å². The Bertz CT molecular complexity index is 463. The molecule has 1 aromatic carbocycles. The molecule has 2 fully saturated rings. The smallest absolute Gasteiger partial charge is 0.315 e. The molecule has 2 amide bonds. The van der Waals surface area contributed by atoms with Crippen LogP contribution in [0.25, 0.3) is 0 Å². The summed E-state index contributed by atoms with van der Waals surface area (Å²) in [7, 11) is 4.23. The van der Waals surface area contributed by atoms with E-state index >= 15 is 0 Å². The van der Waals surface area contributed by atoms with Crippen molar-refractivity contribution >= 4 is 6.03 Å². The van der Waals surface area contributed by atoms with Crippen LogP contribution in [-0.2, 0) is 5.54 Å². The average Bonchev–Trinajstić information content (AvgIpc) is 2.70. The zero-order valence-electron chi connectivity index (χ0n) is 10.9. The zero-order chi connectivity index (χ0) is 12.8. The molecule has 0 radical (unpaired) electrons. The predicted molar refractivity (Wildman–Crippen MR) is 70.3 cm³/mol. The van der Waals surface area contributed by atoms with Gasteiger partial charge in [-0.3, -0.25) is 4.90 Å². The predicted octanol–water partition coefficient (Wildman–Crippen LogP) is 1.29. The second kappa shape index (κ2) is 3.72. The molecule has 1 aromatic rings. The lowest BCUT2D eigenvalue weighted by Crippen LogP contribution is -2.66. The van der Waals surface area contributed by atoms with Crippen molar-refractivity contribution in [3.63, 3.8) is 0 Å². The lowest BCUT2D eigenvalue weighted by Gasteiger charge is -2.57. The molecule has 96 valence electrons. The summed E-state index contributed by atoms with van der Waals surface area (Å²) in [5, 5.41) is 5.94. The van der Waals surface area contributed by atoms with E-state index in [0.717, 1.165) is 19.4 Å². The van der Waals surface area contributed by atoms with Crippen LogP contribution in [-0.4, -0.2) is 37.1 Å². The topological polar surface area (TPSA) is 44.4 Å². The number of urea groups is 1. The van der Waals surface area contributed by atoms with Crippen LogP contribution in [0.3, 0.4) is 0 Å². The highest BCUT2D eigenvalue weighted by molar-refractivity contribution is 5.78. The molecule has 3 rings (SSSR count). The average molecular weight is 245 g/mol. The Kier molecular flexibility index (Phi) is 2.38. The summed E-state index contributed by atoms with van der Waals surface area (Å²) in [6, 6.07) is 10.5. The first-order valence-corrected chi connectivity index (χ1v) is 6.35. The first-order valence-electron chi connectivity index (χ1n) is 6.35. The lowest BCUT2D eigenvalue weighted by molar-refractivity contribution is -0.0179. The van der Waals surface area contributed by atoms with Gasteiger partial charge in [0, 0.05) is 6.54 Å². The molecule has 1 saturated heterocycles. The summed E-state index contributed by atoms with van der Waals surface area (Å²) >= 11 is 0. The molecule has 1 aliphatic carbocycles. The van der Waals surface area contributed by atoms with Gasteiger partial charge in [0.05, 0.1) is 11.1 Å². The second-order valence-electron chi connectivity index (χ2n) is 5.73. The minimum atomic E-state index is -0.0444. The fourth-order valence-corrected chi connectivity index (χ4v) is 3.39. The molecule has 18 heavy (non-hydrogen) atoms. The van der Waals surface area contributed by atoms with E-state index in [9.17, 15) is 4.79 Å². The number of rotatable bonds is 2. The quantitative estimate of drug-likeness (QED) is 0.824. The van der Waals surface area contributed by atoms with Crippen molar-refractivity contribution in [1.82, 2.24) is 15.5 Å². The monoisotopic (exact) mass is 245 g/mol. The van der Waals surface area contributed by atoms with Gasteiger partial charge in [-0.25, -0.2) is 4.79 Å². The summed E-state index contributed by atoms with van der Waals surface area (Å²) in [6.45, 7) is 0.744. The Labute approximate surface area is 107 Å². The van der Waals surface area contributed by atoms with E-state index in [1.54, 1.807) is 0 Å². The zero-order valence-corrected chi connectivity index (χ0v) is 10.9. The second-order valence-corrected chi connectivity index (χ2v) is 5.73. The van der Waals surface area contributed by atoms with Crippen molar-refractivity contribution in [3.05, 3.63) is 35.9 Å². The van der Waals surface area contributed by atoms with Gasteiger partial charge in [-0.1, -0.05) is 30.3 Å². The molecule has 2 aliphatic rings. The van der Waals surface area contributed by atoms with Crippen molar-refractivity contribution in [2.24, 2.45) is 0 Å². The maximum absolute atomic E-state index is 11.3. The minimum Gasteiger partial charge on any atom is -0.336 e. The standard InChI is InChI=1S/C14H19N3O/c1-17(2)14(11-6-4-3-5-7-11)8-13(9-14)10-15-12(18)16-13/h3-7H,8-10H2,1-2H3,(H2,15,16,18)/t13-,14-. The third kappa shape index (κ3) is 1.52. The van der Waals surface area contributed by atoms with Crippen molar-refractivity contribution in [1.29, 1.82) is 0 Å². The van der Waals surface area contributed by atoms with Crippen LogP contribution in [0.4, 0.5) is 4.79 Å². The molecule has 1 aliphatic heterocycles. The van der Waals surface area contributed by atoms with Gasteiger partial charge >= 0.3 is 6.03 Å². The number of amides is 2. The first-order chi connectivity index (χ1) is 8.56. The third-order valence-electron chi connectivity index (χ3n) is 4.39. The van der Waals surface area contributed by atoms with Gasteiger partial charge in [-0.2, -0.15) is 0 Å². The Morgan fingerprint density at radius 1 is 1.17 bits per heavy atom. The Hall–Kier alpha value is -1.55. The molecule has 0 atom stereocenters. The van der Waals surface area contributed by atoms with Crippen LogP contribution in [0.15, 0.2) is 30.3 Å². The van der Waals surface area contributed by atoms with E-state index in [1.165, 1.54) is 5.56 Å². The number of carbonyl (C=O) groups is 1. The van der Waals surface area contributed by atoms with Gasteiger partial charge in [-0.15, -0.1) is 0 Å². The number of hydrogen-bond donors (Lipinski definition) is 2. The van der Waals surface area contributed by atoms with Crippen molar-refractivity contribution in [3.8, 4) is 0 Å². The number of nitrogens with zero attached hydrogens (tertiary/aromatic N) is 1. The highest BCUT2D eigenvalue weighted by Gasteiger charge is 2.59. The number of carbonyl (C=O) groups excluding carboxylic acids is 1. The molecule has 0 aromatic heterocycles. The first kappa shape index (κ1) is 11.5. The fraction of sp³-hybridized carbons (Fsp3) is 0.500. The molecule has 1 spiro atoms. The SMILES string of the molecule is CN(C)[C@]1(c2ccccc2)C[C@]2(CNC(=O)N2)C1. The number of hydrogen-bond acceptors (Lipinski definition) is 2. The Morgan fingerprint density at radius 2 is 1.83 bits per heavy atom. The maximum Gasteiger partial charge on any atom is 0.315 e. The Morgan fingerprint density at radius 3 is 2.33 bits per heavy atom. The Balaban J connectivity index is 1.87. The molecule has 2 N–H and O–H groups in total. The molecule has 1 saturated carbocycles. The van der Waals surface area contributed by atoms with Crippen molar-refractivity contribution in [2.45, 2.75) is 23.9 Å². The largest absolute Gasteiger partial charge is 0.336 e. The normalized spacial score (nSPS) is 34.3. The van der Waals surface area contributed by atoms with Gasteiger partial charge in [0.1, 0.15) is 0 Å². The highest BCUT2D eigenvalue weighted by Crippen LogP contribution is 2.52. The highest BCUT2D eigenvalue weighted by atomic mass is 16.2. The van der Waals surface area contributed by atoms with Crippen molar-refractivity contribution < 1.29 is 4.79 Å². The fourth-order valence-electron chi connectivity index (χ4n) is 3.39. The van der Waals surface area contributed by atoms with Crippen molar-refractivity contribution in [2.75, 3.05) is 20.6 Å². The van der Waals surface area contributed by atoms with Crippen LogP contribution in [0.2, 0.25) is 0 Å². The minimum absolute atomic E-state index is 0.0320. The summed E-state index contributed by atoms with van der Waals surface area (Å²) < 4.78 is 0. The van der Waals surface area contributed by atoms with E-state index in [4.69, 9.17) is 0 Å². The summed E-state index contributed by atoms with van der Waals surface area (Å²) in [4.78, 5) is 13.6. The van der Waals surface area contributed by atoms with Crippen LogP contribution < -0.4 is 10.6 Å². The number of nitrogens with one attached hydrogen (secondary N) is 2. The number of benzene rings is 1. The van der Waals surface area contributed by atoms with E-state index < -0.39 is 0 Å². The summed E-state index contributed by atoms with van der Waals surface area (Å²) in [5.74, 6) is 0. The van der Waals surface area contributed by atoms with E-state index in [0.29, 0.717) is 0 Å².